The molecule has 6 aliphatic heterocycles. The van der Waals surface area contributed by atoms with Gasteiger partial charge in [-0.15, -0.1) is 0 Å². The molecule has 1 aliphatic carbocycles. The van der Waals surface area contributed by atoms with Gasteiger partial charge in [-0.1, -0.05) is 128 Å². The number of fused-ring (bicyclic) bond motifs is 10. The number of carbonyl (C=O) groups is 5. The molecule has 27 heteroatoms. The number of rotatable bonds is 15. The van der Waals surface area contributed by atoms with Gasteiger partial charge < -0.3 is 38.8 Å². The average Bonchev–Trinajstić information content (AvgIpc) is 1.76. The molecule has 14 heterocycles. The predicted octanol–water partition coefficient (Wildman–Crippen LogP) is 21.4. The van der Waals surface area contributed by atoms with Crippen LogP contribution in [0.3, 0.4) is 0 Å². The van der Waals surface area contributed by atoms with Gasteiger partial charge in [-0.25, -0.2) is 31.3 Å². The third kappa shape index (κ3) is 17.8. The zero-order valence-electron chi connectivity index (χ0n) is 75.2. The van der Waals surface area contributed by atoms with Gasteiger partial charge in [-0.2, -0.15) is 5.10 Å². The number of pyridine rings is 4. The predicted molar refractivity (Wildman–Crippen MR) is 517 cm³/mol. The Hall–Kier alpha value is -17.4. The van der Waals surface area contributed by atoms with Crippen LogP contribution in [-0.2, 0) is 92.4 Å². The minimum Gasteiger partial charge on any atom is -0.359 e. The molecule has 0 radical (unpaired) electrons. The molecule has 0 fully saturated rings. The van der Waals surface area contributed by atoms with Crippen LogP contribution < -0.4 is 5.32 Å². The van der Waals surface area contributed by atoms with Crippen molar-refractivity contribution in [2.45, 2.75) is 78.3 Å². The van der Waals surface area contributed by atoms with Crippen molar-refractivity contribution in [1.82, 2.24) is 73.2 Å². The second-order valence-electron chi connectivity index (χ2n) is 35.1. The number of benzene rings is 10. The molecule has 18 aromatic rings. The van der Waals surface area contributed by atoms with Crippen molar-refractivity contribution in [2.75, 3.05) is 5.32 Å². The zero-order valence-corrected chi connectivity index (χ0v) is 75.2. The van der Waals surface area contributed by atoms with Gasteiger partial charge in [0.05, 0.1) is 101 Å². The number of amides is 5. The minimum absolute atomic E-state index is 0.0410. The van der Waals surface area contributed by atoms with Crippen LogP contribution in [-0.4, -0.2) is 103 Å². The van der Waals surface area contributed by atoms with E-state index in [0.717, 1.165) is 112 Å². The topological polar surface area (TPSA) is 218 Å². The van der Waals surface area contributed by atoms with Crippen LogP contribution in [0.25, 0.3) is 89.3 Å². The Bertz CT molecular complexity index is 8080. The summed E-state index contributed by atoms with van der Waals surface area (Å²) in [4.78, 5) is 95.7. The van der Waals surface area contributed by atoms with Gasteiger partial charge in [0.1, 0.15) is 34.9 Å². The number of carbonyl (C=O) groups excluding carboxylic acids is 5. The highest BCUT2D eigenvalue weighted by Gasteiger charge is 2.35. The molecule has 7 aliphatic rings. The molecular weight excluding hydrogens is 1760 g/mol. The quantitative estimate of drug-likeness (QED) is 0.0946. The van der Waals surface area contributed by atoms with E-state index in [-0.39, 0.29) is 97.6 Å². The fourth-order valence-electron chi connectivity index (χ4n) is 18.7. The van der Waals surface area contributed by atoms with Crippen molar-refractivity contribution < 1.29 is 50.3 Å². The monoisotopic (exact) mass is 1850 g/mol. The largest absolute Gasteiger partial charge is 0.359 e. The minimum atomic E-state index is -0.667. The summed E-state index contributed by atoms with van der Waals surface area (Å²) in [7, 11) is 3.89. The third-order valence-electron chi connectivity index (χ3n) is 26.2. The standard InChI is InChI=1S/C23H17F2N3O.2C23H18FN3O.C23H17FN2O.C20H14FN5O/c1-13-7-16-8-14(4-5-21(16)27-13)15-9-19(24)18(20(25)10-15)11-28-12-22-17(23(28)29)3-2-6-26-22;1-26-10-8-17-11-15(6-7-22(17)26)16-4-5-18(20(24)12-16)13-27-14-21-19(23(27)28)3-2-9-25-21;1-26-22-11-16(6-8-17(22)12-25-26)15-7-9-19(21(24)10-15)14-27-13-18-4-2-3-5-20(18)23(27)28;24-21-12-18(17-7-6-15-3-1-4-16(15)11-17)8-9-19(21)13-26-14-22-20(23(26)27)5-2-10-25-22;21-16-8-13(17-11-25-7-6-23-19(25)9-24-17)3-4-14(16)10-26-12-18-15(20(26)27)2-1-5-22-18/h2-6,8-10,27H,1,7,11-12H2;2*2-12H,13-14H2,1H3;1-3,5-12H,4,13-14H2;1-9,11H,10,12H2. The van der Waals surface area contributed by atoms with Gasteiger partial charge in [0.25, 0.3) is 29.5 Å². The Kier molecular flexibility index (Phi) is 23.6. The summed E-state index contributed by atoms with van der Waals surface area (Å²) >= 11 is 0. The van der Waals surface area contributed by atoms with Crippen molar-refractivity contribution in [3.63, 3.8) is 0 Å². The molecule has 25 rings (SSSR count). The van der Waals surface area contributed by atoms with Crippen LogP contribution in [0.1, 0.15) is 125 Å². The second kappa shape index (κ2) is 37.1. The average molecular weight is 1850 g/mol. The zero-order chi connectivity index (χ0) is 95.4. The van der Waals surface area contributed by atoms with Crippen molar-refractivity contribution in [1.29, 1.82) is 0 Å². The van der Waals surface area contributed by atoms with Gasteiger partial charge in [0.15, 0.2) is 5.65 Å². The maximum atomic E-state index is 14.8. The lowest BCUT2D eigenvalue weighted by Crippen LogP contribution is -2.24. The molecule has 1 N–H and O–H groups in total. The lowest BCUT2D eigenvalue weighted by Gasteiger charge is -2.17. The van der Waals surface area contributed by atoms with E-state index in [1.165, 1.54) is 34.2 Å². The maximum Gasteiger partial charge on any atom is 0.256 e. The molecule has 139 heavy (non-hydrogen) atoms. The number of nitrogens with one attached hydrogen (secondary N) is 1. The van der Waals surface area contributed by atoms with Crippen molar-refractivity contribution in [3.05, 3.63) is 452 Å². The number of aryl methyl sites for hydroxylation is 2. The molecule has 0 bridgehead atoms. The lowest BCUT2D eigenvalue weighted by atomic mass is 9.99. The first-order chi connectivity index (χ1) is 67.6. The van der Waals surface area contributed by atoms with Crippen LogP contribution in [0.15, 0.2) is 317 Å². The summed E-state index contributed by atoms with van der Waals surface area (Å²) in [6, 6.07) is 70.7. The second-order valence-corrected chi connectivity index (χ2v) is 35.1. The number of halogens is 6. The summed E-state index contributed by atoms with van der Waals surface area (Å²) in [5, 5.41) is 9.60. The molecule has 21 nitrogen and oxygen atoms in total. The molecule has 0 saturated carbocycles. The summed E-state index contributed by atoms with van der Waals surface area (Å²) < 4.78 is 94.4. The normalized spacial score (nSPS) is 13.9. The first-order valence-electron chi connectivity index (χ1n) is 45.1. The van der Waals surface area contributed by atoms with Gasteiger partial charge in [-0.05, 0) is 201 Å². The molecule has 8 aromatic heterocycles. The summed E-state index contributed by atoms with van der Waals surface area (Å²) in [6.07, 6.45) is 23.3. The highest BCUT2D eigenvalue weighted by Crippen LogP contribution is 2.39. The van der Waals surface area contributed by atoms with Crippen LogP contribution in [0.2, 0.25) is 0 Å². The Morgan fingerprint density at radius 1 is 0.360 bits per heavy atom. The summed E-state index contributed by atoms with van der Waals surface area (Å²) in [5.74, 6) is -3.20. The first kappa shape index (κ1) is 88.2. The van der Waals surface area contributed by atoms with E-state index in [1.807, 2.05) is 152 Å². The number of nitrogens with zero attached hydrogens (tertiary/aromatic N) is 15. The SMILES string of the molecule is C=C1Cc2cc(-c3cc(F)c(CN4Cc5ncccc5C4=O)c(F)c3)ccc2N1.Cn1ccc2cc(-c3ccc(CN4Cc5ncccc5C4=O)c(F)c3)ccc21.Cn1ncc2ccc(-c3ccc(CN4Cc5ccccc5C4=O)c(F)c3)cc21.O=C1c2cccnc2CN1Cc1ccc(-c2ccc3c(c2)CC=C3)cc1F.O=C1c2cccnc2CN1Cc1ccc(-c2cn3ccnc3cn2)cc1F. The fourth-order valence-corrected chi connectivity index (χ4v) is 18.7. The van der Waals surface area contributed by atoms with Crippen molar-refractivity contribution in [3.8, 4) is 55.8 Å². The fraction of sp³-hybridized carbons (Fsp3) is 0.125. The number of hydrogen-bond donors (Lipinski definition) is 1. The Morgan fingerprint density at radius 2 is 0.806 bits per heavy atom. The van der Waals surface area contributed by atoms with E-state index < -0.39 is 11.6 Å². The lowest BCUT2D eigenvalue weighted by molar-refractivity contribution is 0.0756. The number of anilines is 1. The molecule has 0 spiro atoms. The maximum absolute atomic E-state index is 14.8. The van der Waals surface area contributed by atoms with Crippen molar-refractivity contribution >= 4 is 68.8 Å². The van der Waals surface area contributed by atoms with Crippen LogP contribution >= 0.6 is 0 Å². The first-order valence-corrected chi connectivity index (χ1v) is 45.1. The van der Waals surface area contributed by atoms with E-state index in [0.29, 0.717) is 105 Å². The van der Waals surface area contributed by atoms with E-state index >= 15 is 0 Å². The molecule has 5 amide bonds. The third-order valence-corrected chi connectivity index (χ3v) is 26.2. The molecule has 10 aromatic carbocycles. The highest BCUT2D eigenvalue weighted by molar-refractivity contribution is 6.01. The van der Waals surface area contributed by atoms with Crippen molar-refractivity contribution in [2.24, 2.45) is 14.1 Å². The number of hydrogen-bond acceptors (Lipinski definition) is 13. The molecule has 0 unspecified atom stereocenters. The van der Waals surface area contributed by atoms with Gasteiger partial charge in [0.2, 0.25) is 0 Å². The Balaban J connectivity index is 0.000000103. The van der Waals surface area contributed by atoms with Crippen LogP contribution in [0.4, 0.5) is 32.0 Å². The number of aromatic nitrogens is 10. The number of imidazole rings is 1. The van der Waals surface area contributed by atoms with E-state index in [1.54, 1.807) is 152 Å². The van der Waals surface area contributed by atoms with Gasteiger partial charge in [-0.3, -0.25) is 53.6 Å². The molecular formula is C112H84F6N16O5. The van der Waals surface area contributed by atoms with Gasteiger partial charge >= 0.3 is 0 Å². The molecule has 684 valence electrons. The summed E-state index contributed by atoms with van der Waals surface area (Å²) in [6.45, 7) is 6.73. The Labute approximate surface area is 793 Å². The molecule has 0 saturated heterocycles. The highest BCUT2D eigenvalue weighted by atomic mass is 19.2. The number of allylic oxidation sites excluding steroid dienone is 2. The summed E-state index contributed by atoms with van der Waals surface area (Å²) in [5.41, 5.74) is 25.0. The Morgan fingerprint density at radius 3 is 1.35 bits per heavy atom. The smallest absolute Gasteiger partial charge is 0.256 e. The molecule has 0 atom stereocenters. The van der Waals surface area contributed by atoms with E-state index in [9.17, 15) is 50.3 Å². The van der Waals surface area contributed by atoms with E-state index in [4.69, 9.17) is 0 Å². The van der Waals surface area contributed by atoms with Crippen LogP contribution in [0, 0.1) is 34.9 Å². The van der Waals surface area contributed by atoms with E-state index in [2.05, 4.69) is 81.8 Å². The van der Waals surface area contributed by atoms with Crippen LogP contribution in [0.5, 0.6) is 0 Å². The van der Waals surface area contributed by atoms with Gasteiger partial charge in [0, 0.05) is 169 Å².